The number of rotatable bonds is 3. The van der Waals surface area contributed by atoms with E-state index in [1.807, 2.05) is 0 Å². The van der Waals surface area contributed by atoms with E-state index in [1.54, 1.807) is 0 Å². The lowest BCUT2D eigenvalue weighted by atomic mass is 10.4. The van der Waals surface area contributed by atoms with E-state index >= 15 is 0 Å². The van der Waals surface area contributed by atoms with Crippen molar-refractivity contribution in [2.24, 2.45) is 0 Å². The van der Waals surface area contributed by atoms with Gasteiger partial charge in [-0.3, -0.25) is 9.48 Å². The van der Waals surface area contributed by atoms with Gasteiger partial charge in [0, 0.05) is 6.20 Å². The number of esters is 1. The molecule has 1 rings (SSSR count). The van der Waals surface area contributed by atoms with Gasteiger partial charge >= 0.3 is 12.1 Å². The maximum Gasteiger partial charge on any atom is 0.435 e. The predicted octanol–water partition coefficient (Wildman–Crippen LogP) is 1.46. The molecule has 1 aromatic heterocycles. The van der Waals surface area contributed by atoms with Crippen molar-refractivity contribution in [3.8, 4) is 0 Å². The third-order valence-corrected chi connectivity index (χ3v) is 1.70. The van der Waals surface area contributed by atoms with Crippen molar-refractivity contribution in [3.05, 3.63) is 18.0 Å². The van der Waals surface area contributed by atoms with Crippen molar-refractivity contribution in [1.82, 2.24) is 9.78 Å². The Morgan fingerprint density at radius 1 is 1.60 bits per heavy atom. The molecule has 0 aromatic carbocycles. The molecular weight excluding hydrogens is 213 g/mol. The number of carbonyl (C=O) groups excluding carboxylic acids is 1. The molecule has 0 atom stereocenters. The number of aryl methyl sites for hydroxylation is 1. The number of alkyl halides is 3. The van der Waals surface area contributed by atoms with Crippen LogP contribution in [0.4, 0.5) is 13.2 Å². The fourth-order valence-corrected chi connectivity index (χ4v) is 0.945. The molecule has 7 heteroatoms. The summed E-state index contributed by atoms with van der Waals surface area (Å²) in [5.41, 5.74) is -0.965. The van der Waals surface area contributed by atoms with Gasteiger partial charge in [0.1, 0.15) is 0 Å². The van der Waals surface area contributed by atoms with Crippen molar-refractivity contribution in [1.29, 1.82) is 0 Å². The molecule has 4 nitrogen and oxygen atoms in total. The van der Waals surface area contributed by atoms with E-state index < -0.39 is 17.8 Å². The number of hydrogen-bond acceptors (Lipinski definition) is 3. The zero-order chi connectivity index (χ0) is 11.5. The van der Waals surface area contributed by atoms with Crippen LogP contribution in [-0.2, 0) is 22.3 Å². The number of halogens is 3. The molecule has 0 saturated heterocycles. The summed E-state index contributed by atoms with van der Waals surface area (Å²) in [5, 5.41) is 3.27. The highest BCUT2D eigenvalue weighted by molar-refractivity contribution is 5.68. The molecule has 1 heterocycles. The van der Waals surface area contributed by atoms with Gasteiger partial charge in [0.2, 0.25) is 0 Å². The second kappa shape index (κ2) is 4.33. The average molecular weight is 222 g/mol. The van der Waals surface area contributed by atoms with E-state index in [9.17, 15) is 18.0 Å². The molecular formula is C8H9F3N2O2. The molecule has 15 heavy (non-hydrogen) atoms. The summed E-state index contributed by atoms with van der Waals surface area (Å²) >= 11 is 0. The normalized spacial score (nSPS) is 11.5. The van der Waals surface area contributed by atoms with E-state index in [-0.39, 0.29) is 13.0 Å². The molecule has 0 spiro atoms. The predicted molar refractivity (Wildman–Crippen MR) is 43.9 cm³/mol. The van der Waals surface area contributed by atoms with Crippen molar-refractivity contribution in [3.63, 3.8) is 0 Å². The second-order valence-corrected chi connectivity index (χ2v) is 2.79. The van der Waals surface area contributed by atoms with Gasteiger partial charge in [-0.1, -0.05) is 0 Å². The van der Waals surface area contributed by atoms with Crippen LogP contribution in [0.2, 0.25) is 0 Å². The lowest BCUT2D eigenvalue weighted by Gasteiger charge is -2.02. The highest BCUT2D eigenvalue weighted by atomic mass is 19.4. The number of nitrogens with zero attached hydrogens (tertiary/aromatic N) is 2. The molecule has 0 aliphatic carbocycles. The Labute approximate surface area is 83.6 Å². The molecule has 0 aliphatic rings. The molecule has 1 aromatic rings. The van der Waals surface area contributed by atoms with E-state index in [1.165, 1.54) is 13.3 Å². The average Bonchev–Trinajstić information content (AvgIpc) is 2.61. The Hall–Kier alpha value is -1.53. The molecule has 0 saturated carbocycles. The monoisotopic (exact) mass is 222 g/mol. The molecule has 0 N–H and O–H groups in total. The first kappa shape index (κ1) is 11.5. The minimum Gasteiger partial charge on any atom is -0.469 e. The minimum absolute atomic E-state index is 0.00449. The Bertz CT molecular complexity index is 346. The molecule has 84 valence electrons. The van der Waals surface area contributed by atoms with Crippen LogP contribution in [0, 0.1) is 0 Å². The third kappa shape index (κ3) is 3.26. The summed E-state index contributed by atoms with van der Waals surface area (Å²) in [6.45, 7) is 0.0722. The highest BCUT2D eigenvalue weighted by Crippen LogP contribution is 2.27. The Balaban J connectivity index is 2.58. The molecule has 0 unspecified atom stereocenters. The van der Waals surface area contributed by atoms with Gasteiger partial charge in [0.05, 0.1) is 20.1 Å². The highest BCUT2D eigenvalue weighted by Gasteiger charge is 2.33. The summed E-state index contributed by atoms with van der Waals surface area (Å²) < 4.78 is 41.7. The maximum atomic E-state index is 12.1. The van der Waals surface area contributed by atoms with Gasteiger partial charge in [-0.25, -0.2) is 0 Å². The lowest BCUT2D eigenvalue weighted by Crippen LogP contribution is -2.10. The Kier molecular flexibility index (Phi) is 3.33. The van der Waals surface area contributed by atoms with Crippen LogP contribution in [-0.4, -0.2) is 22.9 Å². The summed E-state index contributed by atoms with van der Waals surface area (Å²) in [5.74, 6) is -0.487. The van der Waals surface area contributed by atoms with Crippen molar-refractivity contribution >= 4 is 5.97 Å². The van der Waals surface area contributed by atoms with E-state index in [2.05, 4.69) is 9.84 Å². The van der Waals surface area contributed by atoms with Gasteiger partial charge in [0.25, 0.3) is 0 Å². The first-order valence-corrected chi connectivity index (χ1v) is 4.11. The largest absolute Gasteiger partial charge is 0.469 e. The zero-order valence-corrected chi connectivity index (χ0v) is 7.91. The summed E-state index contributed by atoms with van der Waals surface area (Å²) in [7, 11) is 1.21. The third-order valence-electron chi connectivity index (χ3n) is 1.70. The van der Waals surface area contributed by atoms with Crippen LogP contribution in [0.5, 0.6) is 0 Å². The number of aromatic nitrogens is 2. The summed E-state index contributed by atoms with van der Waals surface area (Å²) in [6, 6.07) is 0.858. The minimum atomic E-state index is -4.45. The number of hydrogen-bond donors (Lipinski definition) is 0. The van der Waals surface area contributed by atoms with E-state index in [4.69, 9.17) is 0 Å². The van der Waals surface area contributed by atoms with Gasteiger partial charge in [-0.15, -0.1) is 0 Å². The quantitative estimate of drug-likeness (QED) is 0.727. The van der Waals surface area contributed by atoms with E-state index in [0.717, 1.165) is 10.7 Å². The van der Waals surface area contributed by atoms with Gasteiger partial charge in [-0.05, 0) is 6.07 Å². The topological polar surface area (TPSA) is 44.1 Å². The van der Waals surface area contributed by atoms with Crippen LogP contribution >= 0.6 is 0 Å². The first-order valence-electron chi connectivity index (χ1n) is 4.11. The van der Waals surface area contributed by atoms with Gasteiger partial charge in [-0.2, -0.15) is 18.3 Å². The fourth-order valence-electron chi connectivity index (χ4n) is 0.945. The zero-order valence-electron chi connectivity index (χ0n) is 7.91. The van der Waals surface area contributed by atoms with Crippen LogP contribution in [0.3, 0.4) is 0 Å². The first-order chi connectivity index (χ1) is 6.93. The Morgan fingerprint density at radius 2 is 2.27 bits per heavy atom. The van der Waals surface area contributed by atoms with Gasteiger partial charge < -0.3 is 4.74 Å². The summed E-state index contributed by atoms with van der Waals surface area (Å²) in [4.78, 5) is 10.7. The van der Waals surface area contributed by atoms with E-state index in [0.29, 0.717) is 0 Å². The number of ether oxygens (including phenoxy) is 1. The molecule has 0 bridgehead atoms. The molecule has 0 amide bonds. The lowest BCUT2D eigenvalue weighted by molar-refractivity contribution is -0.141. The Morgan fingerprint density at radius 3 is 2.73 bits per heavy atom. The SMILES string of the molecule is COC(=O)CCn1ccc(C(F)(F)F)n1. The molecule has 0 aliphatic heterocycles. The fraction of sp³-hybridized carbons (Fsp3) is 0.500. The maximum absolute atomic E-state index is 12.1. The van der Waals surface area contributed by atoms with Crippen LogP contribution in [0.25, 0.3) is 0 Å². The molecule has 0 radical (unpaired) electrons. The number of carbonyl (C=O) groups is 1. The van der Waals surface area contributed by atoms with Crippen molar-refractivity contribution in [2.45, 2.75) is 19.1 Å². The van der Waals surface area contributed by atoms with Crippen LogP contribution in [0.15, 0.2) is 12.3 Å². The smallest absolute Gasteiger partial charge is 0.435 e. The van der Waals surface area contributed by atoms with Crippen LogP contribution < -0.4 is 0 Å². The van der Waals surface area contributed by atoms with Crippen LogP contribution in [0.1, 0.15) is 12.1 Å². The standard InChI is InChI=1S/C8H9F3N2O2/c1-15-7(14)3-5-13-4-2-6(12-13)8(9,10)11/h2,4H,3,5H2,1H3. The van der Waals surface area contributed by atoms with Crippen molar-refractivity contribution in [2.75, 3.05) is 7.11 Å². The van der Waals surface area contributed by atoms with Crippen molar-refractivity contribution < 1.29 is 22.7 Å². The second-order valence-electron chi connectivity index (χ2n) is 2.79. The molecule has 0 fully saturated rings. The van der Waals surface area contributed by atoms with Gasteiger partial charge in [0.15, 0.2) is 5.69 Å². The summed E-state index contributed by atoms with van der Waals surface area (Å²) in [6.07, 6.45) is -3.28. The number of methoxy groups -OCH3 is 1.